The molecule has 0 aliphatic heterocycles. The average Bonchev–Trinajstić information content (AvgIpc) is 2.30. The number of carbonyl (C=O) groups excluding carboxylic acids is 1. The first-order valence-corrected chi connectivity index (χ1v) is 8.26. The highest BCUT2D eigenvalue weighted by Crippen LogP contribution is 2.16. The third kappa shape index (κ3) is 4.56. The van der Waals surface area contributed by atoms with Crippen LogP contribution in [0, 0.1) is 13.8 Å². The molecule has 0 amide bonds. The maximum absolute atomic E-state index is 12.6. The molecule has 0 aliphatic carbocycles. The molecule has 0 unspecified atom stereocenters. The quantitative estimate of drug-likeness (QED) is 0.751. The van der Waals surface area contributed by atoms with Gasteiger partial charge in [-0.1, -0.05) is 18.2 Å². The second-order valence-corrected chi connectivity index (χ2v) is 7.05. The molecule has 3 nitrogen and oxygen atoms in total. The van der Waals surface area contributed by atoms with Crippen LogP contribution in [0.15, 0.2) is 18.2 Å². The first-order valence-electron chi connectivity index (χ1n) is 6.74. The van der Waals surface area contributed by atoms with Gasteiger partial charge in [-0.05, 0) is 52.7 Å². The fraction of sp³-hybridized carbons (Fsp3) is 0.533. The van der Waals surface area contributed by atoms with Crippen molar-refractivity contribution < 1.29 is 13.6 Å². The third-order valence-electron chi connectivity index (χ3n) is 2.88. The minimum Gasteiger partial charge on any atom is -0.389 e. The summed E-state index contributed by atoms with van der Waals surface area (Å²) >= 11 is 0. The Morgan fingerprint density at radius 3 is 2.05 bits per heavy atom. The van der Waals surface area contributed by atoms with Crippen LogP contribution in [0.25, 0.3) is 0 Å². The summed E-state index contributed by atoms with van der Waals surface area (Å²) in [6, 6.07) is 5.78. The Hall–Kier alpha value is -0.973. The zero-order valence-corrected chi connectivity index (χ0v) is 13.8. The van der Waals surface area contributed by atoms with Crippen LogP contribution in [0.3, 0.4) is 0 Å². The second kappa shape index (κ2) is 6.98. The molecular weight excluding hydrogens is 256 g/mol. The topological polar surface area (TPSA) is 35.5 Å². The van der Waals surface area contributed by atoms with Crippen molar-refractivity contribution in [3.05, 3.63) is 34.9 Å². The van der Waals surface area contributed by atoms with Crippen LogP contribution in [0.1, 0.15) is 49.2 Å². The van der Waals surface area contributed by atoms with Gasteiger partial charge in [0.1, 0.15) is 0 Å². The van der Waals surface area contributed by atoms with Gasteiger partial charge in [0.05, 0.1) is 0 Å². The largest absolute Gasteiger partial charge is 0.400 e. The lowest BCUT2D eigenvalue weighted by Gasteiger charge is -2.21. The molecule has 4 heteroatoms. The summed E-state index contributed by atoms with van der Waals surface area (Å²) in [6.07, 6.45) is 0.00830. The SMILES string of the molecule is Cc1cccc(C(=O)[SiH](OC(C)C)OC(C)C)c1C. The van der Waals surface area contributed by atoms with E-state index in [4.69, 9.17) is 8.85 Å². The Labute approximate surface area is 117 Å². The fourth-order valence-electron chi connectivity index (χ4n) is 1.80. The second-order valence-electron chi connectivity index (χ2n) is 5.31. The molecule has 0 bridgehead atoms. The molecule has 0 N–H and O–H groups in total. The lowest BCUT2D eigenvalue weighted by atomic mass is 10.0. The molecule has 0 aliphatic rings. The van der Waals surface area contributed by atoms with Gasteiger partial charge in [-0.3, -0.25) is 4.79 Å². The molecule has 0 aromatic heterocycles. The molecule has 0 heterocycles. The predicted molar refractivity (Wildman–Crippen MR) is 79.8 cm³/mol. The maximum atomic E-state index is 12.6. The Kier molecular flexibility index (Phi) is 5.91. The smallest absolute Gasteiger partial charge is 0.389 e. The number of benzene rings is 1. The zero-order valence-electron chi connectivity index (χ0n) is 12.7. The first-order chi connectivity index (χ1) is 8.82. The highest BCUT2D eigenvalue weighted by molar-refractivity contribution is 6.83. The van der Waals surface area contributed by atoms with Crippen LogP contribution in [-0.2, 0) is 8.85 Å². The van der Waals surface area contributed by atoms with E-state index in [0.717, 1.165) is 16.7 Å². The highest BCUT2D eigenvalue weighted by Gasteiger charge is 2.29. The monoisotopic (exact) mass is 280 g/mol. The van der Waals surface area contributed by atoms with Gasteiger partial charge in [0.25, 0.3) is 0 Å². The number of carbonyl (C=O) groups is 1. The van der Waals surface area contributed by atoms with Gasteiger partial charge < -0.3 is 8.85 Å². The van der Waals surface area contributed by atoms with Crippen LogP contribution in [-0.4, -0.2) is 26.9 Å². The predicted octanol–water partition coefficient (Wildman–Crippen LogP) is 3.10. The van der Waals surface area contributed by atoms with Crippen LogP contribution < -0.4 is 0 Å². The van der Waals surface area contributed by atoms with Gasteiger partial charge in [-0.2, -0.15) is 0 Å². The van der Waals surface area contributed by atoms with E-state index in [1.165, 1.54) is 0 Å². The minimum absolute atomic E-state index is 0.00415. The van der Waals surface area contributed by atoms with Crippen molar-refractivity contribution in [1.29, 1.82) is 0 Å². The summed E-state index contributed by atoms with van der Waals surface area (Å²) in [4.78, 5) is 12.6. The van der Waals surface area contributed by atoms with Gasteiger partial charge in [0.2, 0.25) is 0 Å². The third-order valence-corrected chi connectivity index (χ3v) is 5.20. The van der Waals surface area contributed by atoms with Crippen molar-refractivity contribution >= 4 is 14.7 Å². The van der Waals surface area contributed by atoms with E-state index in [-0.39, 0.29) is 17.6 Å². The molecular formula is C15H24O3Si. The summed E-state index contributed by atoms with van der Waals surface area (Å²) in [5, 5.41) is 0.0311. The number of hydrogen-bond donors (Lipinski definition) is 0. The summed E-state index contributed by atoms with van der Waals surface area (Å²) in [5.74, 6) is 0. The van der Waals surface area contributed by atoms with E-state index in [0.29, 0.717) is 0 Å². The maximum Gasteiger partial charge on any atom is 0.400 e. The summed E-state index contributed by atoms with van der Waals surface area (Å²) in [7, 11) is -2.36. The van der Waals surface area contributed by atoms with Gasteiger partial charge >= 0.3 is 9.28 Å². The number of hydrogen-bond acceptors (Lipinski definition) is 3. The van der Waals surface area contributed by atoms with Crippen molar-refractivity contribution in [2.45, 2.75) is 53.8 Å². The number of rotatable bonds is 6. The van der Waals surface area contributed by atoms with Crippen LogP contribution >= 0.6 is 0 Å². The molecule has 1 rings (SSSR count). The zero-order chi connectivity index (χ0) is 14.6. The highest BCUT2D eigenvalue weighted by atomic mass is 28.3. The van der Waals surface area contributed by atoms with E-state index in [9.17, 15) is 4.79 Å². The molecule has 1 aromatic carbocycles. The van der Waals surface area contributed by atoms with E-state index in [1.807, 2.05) is 59.7 Å². The summed E-state index contributed by atoms with van der Waals surface area (Å²) in [5.41, 5.74) is 2.87. The molecule has 1 aromatic rings. The standard InChI is InChI=1S/C15H24O3Si/c1-10(2)17-19(18-11(3)4)15(16)14-9-7-8-12(5)13(14)6/h7-11,19H,1-6H3. The summed E-state index contributed by atoms with van der Waals surface area (Å²) in [6.45, 7) is 11.7. The van der Waals surface area contributed by atoms with Gasteiger partial charge in [0, 0.05) is 17.8 Å². The van der Waals surface area contributed by atoms with Crippen molar-refractivity contribution in [3.8, 4) is 0 Å². The van der Waals surface area contributed by atoms with Gasteiger partial charge in [-0.25, -0.2) is 0 Å². The Bertz CT molecular complexity index is 431. The van der Waals surface area contributed by atoms with Crippen molar-refractivity contribution in [1.82, 2.24) is 0 Å². The van der Waals surface area contributed by atoms with Crippen LogP contribution in [0.4, 0.5) is 0 Å². The Morgan fingerprint density at radius 2 is 1.58 bits per heavy atom. The Morgan fingerprint density at radius 1 is 1.05 bits per heavy atom. The van der Waals surface area contributed by atoms with E-state index >= 15 is 0 Å². The summed E-state index contributed by atoms with van der Waals surface area (Å²) < 4.78 is 11.5. The first kappa shape index (κ1) is 16.1. The van der Waals surface area contributed by atoms with E-state index in [2.05, 4.69) is 0 Å². The molecule has 0 saturated carbocycles. The minimum atomic E-state index is -2.36. The van der Waals surface area contributed by atoms with E-state index in [1.54, 1.807) is 0 Å². The van der Waals surface area contributed by atoms with Crippen molar-refractivity contribution in [3.63, 3.8) is 0 Å². The molecule has 0 spiro atoms. The molecule has 0 radical (unpaired) electrons. The van der Waals surface area contributed by atoms with Crippen LogP contribution in [0.2, 0.25) is 0 Å². The molecule has 0 atom stereocenters. The molecule has 106 valence electrons. The molecule has 0 saturated heterocycles. The lowest BCUT2D eigenvalue weighted by Crippen LogP contribution is -2.38. The van der Waals surface area contributed by atoms with E-state index < -0.39 is 9.28 Å². The van der Waals surface area contributed by atoms with Crippen molar-refractivity contribution in [2.24, 2.45) is 0 Å². The number of aryl methyl sites for hydroxylation is 1. The van der Waals surface area contributed by atoms with Crippen LogP contribution in [0.5, 0.6) is 0 Å². The normalized spacial score (nSPS) is 11.6. The molecule has 19 heavy (non-hydrogen) atoms. The van der Waals surface area contributed by atoms with Gasteiger partial charge in [-0.15, -0.1) is 0 Å². The van der Waals surface area contributed by atoms with Gasteiger partial charge in [0.15, 0.2) is 5.41 Å². The Balaban J connectivity index is 3.01. The average molecular weight is 280 g/mol. The fourth-order valence-corrected chi connectivity index (χ4v) is 3.66. The van der Waals surface area contributed by atoms with Crippen molar-refractivity contribution in [2.75, 3.05) is 0 Å². The lowest BCUT2D eigenvalue weighted by molar-refractivity contribution is 0.0876. The molecule has 0 fully saturated rings.